The molecular weight excluding hydrogens is 362 g/mol. The molecule has 1 atom stereocenters. The first-order chi connectivity index (χ1) is 13.4. The van der Waals surface area contributed by atoms with Crippen molar-refractivity contribution in [2.24, 2.45) is 0 Å². The topological polar surface area (TPSA) is 111 Å². The number of carbonyl (C=O) groups is 2. The molecule has 152 valence electrons. The average molecular weight is 389 g/mol. The Morgan fingerprint density at radius 2 is 1.79 bits per heavy atom. The number of anilines is 1. The van der Waals surface area contributed by atoms with Crippen LogP contribution in [0.3, 0.4) is 0 Å². The summed E-state index contributed by atoms with van der Waals surface area (Å²) in [6.07, 6.45) is 7.42. The second kappa shape index (κ2) is 9.03. The maximum Gasteiger partial charge on any atom is 0.339 e. The number of hydrogen-bond acceptors (Lipinski definition) is 6. The maximum atomic E-state index is 12.4. The van der Waals surface area contributed by atoms with Crippen molar-refractivity contribution >= 4 is 23.3 Å². The van der Waals surface area contributed by atoms with E-state index in [4.69, 9.17) is 4.74 Å². The van der Waals surface area contributed by atoms with E-state index in [1.807, 2.05) is 0 Å². The summed E-state index contributed by atoms with van der Waals surface area (Å²) in [7, 11) is 0. The molecule has 0 bridgehead atoms. The summed E-state index contributed by atoms with van der Waals surface area (Å²) < 4.78 is 5.25. The summed E-state index contributed by atoms with van der Waals surface area (Å²) in [6.45, 7) is 1.52. The minimum atomic E-state index is -0.959. The third-order valence-electron chi connectivity index (χ3n) is 5.22. The van der Waals surface area contributed by atoms with E-state index in [0.717, 1.165) is 38.5 Å². The van der Waals surface area contributed by atoms with Gasteiger partial charge in [0.05, 0.1) is 10.5 Å². The summed E-state index contributed by atoms with van der Waals surface area (Å²) in [6, 6.07) is 4.57. The quantitative estimate of drug-likeness (QED) is 0.319. The van der Waals surface area contributed by atoms with E-state index in [1.54, 1.807) is 0 Å². The third kappa shape index (κ3) is 5.43. The molecule has 2 saturated carbocycles. The van der Waals surface area contributed by atoms with Gasteiger partial charge >= 0.3 is 5.97 Å². The van der Waals surface area contributed by atoms with Gasteiger partial charge in [-0.3, -0.25) is 14.9 Å². The summed E-state index contributed by atoms with van der Waals surface area (Å²) in [5.41, 5.74) is 0.280. The largest absolute Gasteiger partial charge is 0.449 e. The molecule has 8 nitrogen and oxygen atoms in total. The van der Waals surface area contributed by atoms with Crippen LogP contribution in [0.25, 0.3) is 0 Å². The van der Waals surface area contributed by atoms with E-state index in [9.17, 15) is 19.7 Å². The Morgan fingerprint density at radius 1 is 1.11 bits per heavy atom. The van der Waals surface area contributed by atoms with Crippen LogP contribution in [0.4, 0.5) is 11.4 Å². The van der Waals surface area contributed by atoms with Crippen LogP contribution in [0.15, 0.2) is 18.2 Å². The number of rotatable bonds is 7. The molecule has 0 radical (unpaired) electrons. The van der Waals surface area contributed by atoms with Crippen LogP contribution >= 0.6 is 0 Å². The molecule has 2 aliphatic rings. The van der Waals surface area contributed by atoms with Crippen molar-refractivity contribution in [1.29, 1.82) is 0 Å². The van der Waals surface area contributed by atoms with Gasteiger partial charge in [-0.15, -0.1) is 0 Å². The van der Waals surface area contributed by atoms with Crippen LogP contribution < -0.4 is 10.6 Å². The minimum Gasteiger partial charge on any atom is -0.449 e. The lowest BCUT2D eigenvalue weighted by Gasteiger charge is -2.19. The van der Waals surface area contributed by atoms with Gasteiger partial charge in [-0.25, -0.2) is 4.79 Å². The summed E-state index contributed by atoms with van der Waals surface area (Å²) >= 11 is 0. The van der Waals surface area contributed by atoms with Crippen LogP contribution in [0.5, 0.6) is 0 Å². The van der Waals surface area contributed by atoms with Gasteiger partial charge in [0.15, 0.2) is 6.10 Å². The number of amides is 1. The molecule has 8 heteroatoms. The number of carbonyl (C=O) groups excluding carboxylic acids is 2. The SMILES string of the molecule is C[C@@H](OC(=O)c1ccc(NC2CC2)c([N+](=O)[O-])c1)C(=O)NC1CCCCCC1. The molecule has 1 aromatic rings. The van der Waals surface area contributed by atoms with Gasteiger partial charge in [0.25, 0.3) is 11.6 Å². The summed E-state index contributed by atoms with van der Waals surface area (Å²) in [5, 5.41) is 17.4. The van der Waals surface area contributed by atoms with Gasteiger partial charge in [0.2, 0.25) is 0 Å². The smallest absolute Gasteiger partial charge is 0.339 e. The second-order valence-electron chi connectivity index (χ2n) is 7.65. The molecule has 1 aromatic carbocycles. The first-order valence-corrected chi connectivity index (χ1v) is 10.0. The Hall–Kier alpha value is -2.64. The zero-order chi connectivity index (χ0) is 20.1. The Labute approximate surface area is 164 Å². The zero-order valence-electron chi connectivity index (χ0n) is 16.1. The predicted octanol–water partition coefficient (Wildman–Crippen LogP) is 3.55. The molecule has 0 aromatic heterocycles. The summed E-state index contributed by atoms with van der Waals surface area (Å²) in [4.78, 5) is 35.5. The van der Waals surface area contributed by atoms with Crippen molar-refractivity contribution in [2.75, 3.05) is 5.32 Å². The summed E-state index contributed by atoms with van der Waals surface area (Å²) in [5.74, 6) is -1.08. The highest BCUT2D eigenvalue weighted by atomic mass is 16.6. The lowest BCUT2D eigenvalue weighted by molar-refractivity contribution is -0.384. The molecule has 2 N–H and O–H groups in total. The highest BCUT2D eigenvalue weighted by molar-refractivity contribution is 5.93. The standard InChI is InChI=1S/C20H27N3O5/c1-13(19(24)22-15-6-4-2-3-5-7-15)28-20(25)14-8-11-17(21-16-9-10-16)18(12-14)23(26)27/h8,11-13,15-16,21H,2-7,9-10H2,1H3,(H,22,24)/t13-/m1/s1. The van der Waals surface area contributed by atoms with Crippen LogP contribution in [0, 0.1) is 10.1 Å². The molecule has 0 saturated heterocycles. The van der Waals surface area contributed by atoms with Crippen molar-refractivity contribution in [3.8, 4) is 0 Å². The molecule has 0 heterocycles. The Bertz CT molecular complexity index is 739. The first kappa shape index (κ1) is 20.1. The van der Waals surface area contributed by atoms with Gasteiger partial charge in [-0.1, -0.05) is 25.7 Å². The molecular formula is C20H27N3O5. The number of nitro benzene ring substituents is 1. The van der Waals surface area contributed by atoms with E-state index in [0.29, 0.717) is 5.69 Å². The Kier molecular flexibility index (Phi) is 6.49. The van der Waals surface area contributed by atoms with Crippen LogP contribution in [-0.2, 0) is 9.53 Å². The van der Waals surface area contributed by atoms with Crippen molar-refractivity contribution < 1.29 is 19.2 Å². The van der Waals surface area contributed by atoms with E-state index in [1.165, 1.54) is 38.0 Å². The monoisotopic (exact) mass is 389 g/mol. The Balaban J connectivity index is 1.60. The highest BCUT2D eigenvalue weighted by Gasteiger charge is 2.27. The normalized spacial score (nSPS) is 18.6. The van der Waals surface area contributed by atoms with Crippen molar-refractivity contribution in [3.63, 3.8) is 0 Å². The fraction of sp³-hybridized carbons (Fsp3) is 0.600. The number of benzene rings is 1. The molecule has 0 aliphatic heterocycles. The molecule has 0 spiro atoms. The number of nitro groups is 1. The van der Waals surface area contributed by atoms with E-state index in [-0.39, 0.29) is 29.2 Å². The number of hydrogen-bond donors (Lipinski definition) is 2. The molecule has 3 rings (SSSR count). The van der Waals surface area contributed by atoms with Crippen LogP contribution in [-0.4, -0.2) is 35.0 Å². The lowest BCUT2D eigenvalue weighted by Crippen LogP contribution is -2.41. The van der Waals surface area contributed by atoms with Gasteiger partial charge in [0.1, 0.15) is 5.69 Å². The van der Waals surface area contributed by atoms with E-state index >= 15 is 0 Å². The number of nitrogens with zero attached hydrogens (tertiary/aromatic N) is 1. The Morgan fingerprint density at radius 3 is 2.39 bits per heavy atom. The van der Waals surface area contributed by atoms with E-state index in [2.05, 4.69) is 10.6 Å². The van der Waals surface area contributed by atoms with Crippen LogP contribution in [0.2, 0.25) is 0 Å². The van der Waals surface area contributed by atoms with E-state index < -0.39 is 17.0 Å². The molecule has 1 amide bonds. The fourth-order valence-electron chi connectivity index (χ4n) is 3.40. The molecule has 2 fully saturated rings. The van der Waals surface area contributed by atoms with Crippen molar-refractivity contribution in [3.05, 3.63) is 33.9 Å². The first-order valence-electron chi connectivity index (χ1n) is 10.0. The predicted molar refractivity (Wildman–Crippen MR) is 104 cm³/mol. The maximum absolute atomic E-state index is 12.4. The lowest BCUT2D eigenvalue weighted by atomic mass is 10.1. The molecule has 28 heavy (non-hydrogen) atoms. The van der Waals surface area contributed by atoms with Gasteiger partial charge in [0, 0.05) is 18.2 Å². The minimum absolute atomic E-state index is 0.0576. The number of ether oxygens (including phenoxy) is 1. The van der Waals surface area contributed by atoms with Crippen LogP contribution in [0.1, 0.15) is 68.6 Å². The average Bonchev–Trinajstić information content (AvgIpc) is 3.49. The van der Waals surface area contributed by atoms with Gasteiger partial charge in [-0.05, 0) is 44.7 Å². The number of esters is 1. The zero-order valence-corrected chi connectivity index (χ0v) is 16.1. The third-order valence-corrected chi connectivity index (χ3v) is 5.22. The second-order valence-corrected chi connectivity index (χ2v) is 7.65. The van der Waals surface area contributed by atoms with Gasteiger partial charge < -0.3 is 15.4 Å². The highest BCUT2D eigenvalue weighted by Crippen LogP contribution is 2.31. The van der Waals surface area contributed by atoms with Gasteiger partial charge in [-0.2, -0.15) is 0 Å². The number of nitrogens with one attached hydrogen (secondary N) is 2. The fourth-order valence-corrected chi connectivity index (χ4v) is 3.40. The molecule has 2 aliphatic carbocycles. The van der Waals surface area contributed by atoms with Crippen molar-refractivity contribution in [2.45, 2.75) is 76.5 Å². The molecule has 0 unspecified atom stereocenters. The van der Waals surface area contributed by atoms with Crippen molar-refractivity contribution in [1.82, 2.24) is 5.32 Å².